The van der Waals surface area contributed by atoms with Gasteiger partial charge in [0.15, 0.2) is 21.4 Å². The molecule has 0 bridgehead atoms. The minimum Gasteiger partial charge on any atom is -0.606 e. The van der Waals surface area contributed by atoms with Crippen LogP contribution in [0.15, 0.2) is 34.1 Å². The third-order valence-corrected chi connectivity index (χ3v) is 4.40. The summed E-state index contributed by atoms with van der Waals surface area (Å²) < 4.78 is 66.3. The van der Waals surface area contributed by atoms with Gasteiger partial charge in [0, 0.05) is 22.3 Å². The smallest absolute Gasteiger partial charge is 0.194 e. The zero-order valence-corrected chi connectivity index (χ0v) is 11.5. The topological polar surface area (TPSA) is 23.1 Å². The average molecular weight is 302 g/mol. The van der Waals surface area contributed by atoms with Crippen molar-refractivity contribution in [1.82, 2.24) is 0 Å². The third-order valence-electron chi connectivity index (χ3n) is 2.97. The maximum absolute atomic E-state index is 13.9. The molecule has 6 heteroatoms. The minimum absolute atomic E-state index is 0.296. The standard InChI is InChI=1S/C14H10F4OS/c1-7-9(15)3-5-11(13(7)17)20(19)12-6-4-10(16)8(2)14(12)18/h3-6H,1-2H3. The van der Waals surface area contributed by atoms with E-state index >= 15 is 0 Å². The molecule has 2 rings (SSSR count). The summed E-state index contributed by atoms with van der Waals surface area (Å²) >= 11 is -2.19. The van der Waals surface area contributed by atoms with Crippen LogP contribution >= 0.6 is 0 Å². The molecule has 0 aliphatic heterocycles. The monoisotopic (exact) mass is 302 g/mol. The van der Waals surface area contributed by atoms with E-state index in [9.17, 15) is 22.1 Å². The van der Waals surface area contributed by atoms with Crippen molar-refractivity contribution < 1.29 is 22.1 Å². The molecule has 0 saturated heterocycles. The van der Waals surface area contributed by atoms with Crippen LogP contribution in [0.2, 0.25) is 0 Å². The van der Waals surface area contributed by atoms with Gasteiger partial charge >= 0.3 is 0 Å². The van der Waals surface area contributed by atoms with Gasteiger partial charge in [-0.15, -0.1) is 0 Å². The normalized spacial score (nSPS) is 11.2. The van der Waals surface area contributed by atoms with Gasteiger partial charge in [0.25, 0.3) is 0 Å². The molecule has 1 nitrogen and oxygen atoms in total. The van der Waals surface area contributed by atoms with E-state index in [0.29, 0.717) is 0 Å². The van der Waals surface area contributed by atoms with Crippen molar-refractivity contribution in [2.24, 2.45) is 0 Å². The van der Waals surface area contributed by atoms with Gasteiger partial charge < -0.3 is 4.55 Å². The molecule has 2 aromatic carbocycles. The van der Waals surface area contributed by atoms with Crippen LogP contribution in [0.3, 0.4) is 0 Å². The molecule has 0 amide bonds. The van der Waals surface area contributed by atoms with Crippen molar-refractivity contribution in [1.29, 1.82) is 0 Å². The molecule has 0 atom stereocenters. The molecule has 0 aliphatic carbocycles. The van der Waals surface area contributed by atoms with E-state index in [0.717, 1.165) is 24.3 Å². The Labute approximate surface area is 116 Å². The van der Waals surface area contributed by atoms with Gasteiger partial charge in [-0.1, -0.05) is 0 Å². The highest BCUT2D eigenvalue weighted by molar-refractivity contribution is 7.91. The molecule has 0 aromatic heterocycles. The van der Waals surface area contributed by atoms with Crippen molar-refractivity contribution in [3.63, 3.8) is 0 Å². The Kier molecular flexibility index (Phi) is 4.06. The summed E-state index contributed by atoms with van der Waals surface area (Å²) in [7, 11) is 0. The predicted octanol–water partition coefficient (Wildman–Crippen LogP) is 4.03. The Morgan fingerprint density at radius 2 is 1.10 bits per heavy atom. The van der Waals surface area contributed by atoms with Crippen molar-refractivity contribution in [2.75, 3.05) is 0 Å². The molecule has 20 heavy (non-hydrogen) atoms. The highest BCUT2D eigenvalue weighted by Crippen LogP contribution is 2.29. The van der Waals surface area contributed by atoms with Crippen molar-refractivity contribution >= 4 is 11.2 Å². The number of hydrogen-bond donors (Lipinski definition) is 0. The number of rotatable bonds is 2. The first-order valence-electron chi connectivity index (χ1n) is 5.65. The molecular formula is C14H10F4OS. The van der Waals surface area contributed by atoms with Crippen LogP contribution in [0.4, 0.5) is 17.6 Å². The Morgan fingerprint density at radius 1 is 0.750 bits per heavy atom. The molecule has 2 aromatic rings. The first-order valence-corrected chi connectivity index (χ1v) is 6.80. The van der Waals surface area contributed by atoms with Gasteiger partial charge in [-0.05, 0) is 38.1 Å². The Hall–Kier alpha value is -1.53. The maximum atomic E-state index is 13.9. The molecule has 0 spiro atoms. The summed E-state index contributed by atoms with van der Waals surface area (Å²) in [6.45, 7) is 2.38. The van der Waals surface area contributed by atoms with Crippen LogP contribution < -0.4 is 0 Å². The van der Waals surface area contributed by atoms with E-state index in [-0.39, 0.29) is 20.9 Å². The minimum atomic E-state index is -2.19. The van der Waals surface area contributed by atoms with Crippen molar-refractivity contribution in [2.45, 2.75) is 23.6 Å². The Bertz CT molecular complexity index is 615. The summed E-state index contributed by atoms with van der Waals surface area (Å²) in [4.78, 5) is -0.678. The predicted molar refractivity (Wildman–Crippen MR) is 66.9 cm³/mol. The summed E-state index contributed by atoms with van der Waals surface area (Å²) in [6.07, 6.45) is 0. The second kappa shape index (κ2) is 5.46. The summed E-state index contributed by atoms with van der Waals surface area (Å²) in [5.74, 6) is -3.55. The van der Waals surface area contributed by atoms with Crippen LogP contribution in [-0.4, -0.2) is 4.55 Å². The fraction of sp³-hybridized carbons (Fsp3) is 0.143. The maximum Gasteiger partial charge on any atom is 0.194 e. The molecular weight excluding hydrogens is 292 g/mol. The lowest BCUT2D eigenvalue weighted by Gasteiger charge is -2.13. The van der Waals surface area contributed by atoms with E-state index in [4.69, 9.17) is 0 Å². The molecule has 0 N–H and O–H groups in total. The quantitative estimate of drug-likeness (QED) is 0.607. The van der Waals surface area contributed by atoms with E-state index < -0.39 is 34.4 Å². The molecule has 0 radical (unpaired) electrons. The first kappa shape index (κ1) is 14.9. The second-order valence-corrected chi connectivity index (χ2v) is 5.65. The van der Waals surface area contributed by atoms with Crippen LogP contribution in [0.1, 0.15) is 11.1 Å². The van der Waals surface area contributed by atoms with Crippen molar-refractivity contribution in [3.05, 3.63) is 58.7 Å². The van der Waals surface area contributed by atoms with Crippen LogP contribution in [0.5, 0.6) is 0 Å². The highest BCUT2D eigenvalue weighted by Gasteiger charge is 2.27. The molecule has 0 unspecified atom stereocenters. The van der Waals surface area contributed by atoms with E-state index in [1.807, 2.05) is 0 Å². The number of benzene rings is 2. The largest absolute Gasteiger partial charge is 0.606 e. The van der Waals surface area contributed by atoms with Crippen LogP contribution in [0, 0.1) is 37.1 Å². The van der Waals surface area contributed by atoms with Gasteiger partial charge in [-0.3, -0.25) is 0 Å². The number of halogens is 4. The molecule has 0 fully saturated rings. The fourth-order valence-corrected chi connectivity index (χ4v) is 2.93. The van der Waals surface area contributed by atoms with Gasteiger partial charge in [0.1, 0.15) is 11.6 Å². The van der Waals surface area contributed by atoms with Gasteiger partial charge in [0.05, 0.1) is 0 Å². The fourth-order valence-electron chi connectivity index (χ4n) is 1.68. The lowest BCUT2D eigenvalue weighted by molar-refractivity contribution is 0.524. The molecule has 106 valence electrons. The van der Waals surface area contributed by atoms with Crippen molar-refractivity contribution in [3.8, 4) is 0 Å². The lowest BCUT2D eigenvalue weighted by Crippen LogP contribution is -2.10. The summed E-state index contributed by atoms with van der Waals surface area (Å²) in [6, 6.07) is 3.90. The van der Waals surface area contributed by atoms with Crippen LogP contribution in [-0.2, 0) is 11.2 Å². The highest BCUT2D eigenvalue weighted by atomic mass is 32.2. The SMILES string of the molecule is Cc1c(F)ccc([S+]([O-])c2ccc(F)c(C)c2F)c1F. The third kappa shape index (κ3) is 2.41. The average Bonchev–Trinajstić information content (AvgIpc) is 2.42. The first-order chi connectivity index (χ1) is 9.34. The Morgan fingerprint density at radius 3 is 1.45 bits per heavy atom. The summed E-state index contributed by atoms with van der Waals surface area (Å²) in [5, 5.41) is 0. The number of hydrogen-bond acceptors (Lipinski definition) is 1. The van der Waals surface area contributed by atoms with E-state index in [1.54, 1.807) is 0 Å². The summed E-state index contributed by atoms with van der Waals surface area (Å²) in [5.41, 5.74) is -0.592. The molecule has 0 aliphatic rings. The Balaban J connectivity index is 2.55. The van der Waals surface area contributed by atoms with Gasteiger partial charge in [-0.25, -0.2) is 17.6 Å². The van der Waals surface area contributed by atoms with Gasteiger partial charge in [-0.2, -0.15) is 0 Å². The zero-order valence-electron chi connectivity index (χ0n) is 10.6. The van der Waals surface area contributed by atoms with Gasteiger partial charge in [0.2, 0.25) is 0 Å². The van der Waals surface area contributed by atoms with E-state index in [2.05, 4.69) is 0 Å². The second-order valence-electron chi connectivity index (χ2n) is 4.24. The van der Waals surface area contributed by atoms with E-state index in [1.165, 1.54) is 13.8 Å². The zero-order chi connectivity index (χ0) is 15.0. The molecule has 0 heterocycles. The van der Waals surface area contributed by atoms with Crippen LogP contribution in [0.25, 0.3) is 0 Å². The lowest BCUT2D eigenvalue weighted by atomic mass is 10.2. The molecule has 0 saturated carbocycles.